The van der Waals surface area contributed by atoms with Crippen LogP contribution >= 0.6 is 0 Å². The summed E-state index contributed by atoms with van der Waals surface area (Å²) < 4.78 is 6.51. The van der Waals surface area contributed by atoms with E-state index in [-0.39, 0.29) is 17.4 Å². The summed E-state index contributed by atoms with van der Waals surface area (Å²) in [7, 11) is 0. The summed E-state index contributed by atoms with van der Waals surface area (Å²) >= 11 is 0. The molecule has 3 heteroatoms. The van der Waals surface area contributed by atoms with Crippen molar-refractivity contribution in [3.05, 3.63) is 65.2 Å². The Kier molecular flexibility index (Phi) is 7.11. The van der Waals surface area contributed by atoms with Crippen LogP contribution < -0.4 is 4.74 Å². The van der Waals surface area contributed by atoms with Crippen LogP contribution in [0.25, 0.3) is 0 Å². The maximum atomic E-state index is 12.9. The largest absolute Gasteiger partial charge is 0.487 e. The Morgan fingerprint density at radius 3 is 2.53 bits per heavy atom. The smallest absolute Gasteiger partial charge is 0.136 e. The second-order valence-electron chi connectivity index (χ2n) is 11.2. The van der Waals surface area contributed by atoms with Crippen molar-refractivity contribution in [2.75, 3.05) is 0 Å². The number of fused-ring (bicyclic) bond motifs is 1. The zero-order chi connectivity index (χ0) is 23.5. The Morgan fingerprint density at radius 1 is 1.09 bits per heavy atom. The molecular formula is C31H40O3. The number of aliphatic hydroxyl groups is 1. The maximum absolute atomic E-state index is 12.9. The van der Waals surface area contributed by atoms with Crippen LogP contribution in [0.3, 0.4) is 0 Å². The molecule has 3 aliphatic rings. The van der Waals surface area contributed by atoms with E-state index in [1.165, 1.54) is 29.5 Å². The number of carbonyl (C=O) groups is 1. The minimum absolute atomic E-state index is 0.00514. The summed E-state index contributed by atoms with van der Waals surface area (Å²) in [4.78, 5) is 12.9. The molecule has 0 radical (unpaired) electrons. The van der Waals surface area contributed by atoms with Crippen LogP contribution in [-0.4, -0.2) is 22.6 Å². The highest BCUT2D eigenvalue weighted by molar-refractivity contribution is 5.82. The van der Waals surface area contributed by atoms with Crippen LogP contribution in [0.1, 0.15) is 93.7 Å². The van der Waals surface area contributed by atoms with Gasteiger partial charge in [0.05, 0.1) is 6.10 Å². The number of aryl methyl sites for hydroxylation is 1. The average Bonchev–Trinajstić information content (AvgIpc) is 2.80. The van der Waals surface area contributed by atoms with Crippen LogP contribution in [0, 0.1) is 11.8 Å². The van der Waals surface area contributed by atoms with Gasteiger partial charge in [0.1, 0.15) is 17.1 Å². The molecule has 3 atom stereocenters. The minimum Gasteiger partial charge on any atom is -0.487 e. The maximum Gasteiger partial charge on any atom is 0.136 e. The molecule has 5 rings (SSSR count). The molecule has 2 saturated carbocycles. The molecular weight excluding hydrogens is 420 g/mol. The molecule has 0 amide bonds. The van der Waals surface area contributed by atoms with E-state index in [1.807, 2.05) is 6.07 Å². The minimum atomic E-state index is -0.456. The lowest BCUT2D eigenvalue weighted by atomic mass is 9.69. The van der Waals surface area contributed by atoms with Crippen molar-refractivity contribution in [3.63, 3.8) is 0 Å². The van der Waals surface area contributed by atoms with Crippen molar-refractivity contribution in [1.29, 1.82) is 0 Å². The van der Waals surface area contributed by atoms with Gasteiger partial charge in [0.25, 0.3) is 0 Å². The lowest BCUT2D eigenvalue weighted by molar-refractivity contribution is -0.127. The SMILES string of the molecule is CCc1ccc2c(c1)[C@@H](CC[C@@H](O)[C@@H](CC(=O)C1CCC1)Cc1ccccc1)CC1(CCC1)O2. The molecule has 1 N–H and O–H groups in total. The fraction of sp³-hybridized carbons (Fsp3) is 0.581. The quantitative estimate of drug-likeness (QED) is 0.424. The molecule has 0 aromatic heterocycles. The fourth-order valence-electron chi connectivity index (χ4n) is 6.22. The van der Waals surface area contributed by atoms with Crippen LogP contribution in [0.4, 0.5) is 0 Å². The van der Waals surface area contributed by atoms with Gasteiger partial charge in [-0.2, -0.15) is 0 Å². The number of carbonyl (C=O) groups excluding carboxylic acids is 1. The van der Waals surface area contributed by atoms with E-state index >= 15 is 0 Å². The Hall–Kier alpha value is -2.13. The van der Waals surface area contributed by atoms with E-state index in [0.29, 0.717) is 18.1 Å². The van der Waals surface area contributed by atoms with Crippen molar-refractivity contribution < 1.29 is 14.6 Å². The third-order valence-electron chi connectivity index (χ3n) is 8.85. The number of hydrogen-bond donors (Lipinski definition) is 1. The normalized spacial score (nSPS) is 22.7. The number of ketones is 1. The number of ether oxygens (including phenoxy) is 1. The molecule has 2 fully saturated rings. The summed E-state index contributed by atoms with van der Waals surface area (Å²) in [6.07, 6.45) is 11.4. The molecule has 182 valence electrons. The molecule has 2 aliphatic carbocycles. The number of Topliss-reactive ketones (excluding diaryl/α,β-unsaturated/α-hetero) is 1. The van der Waals surface area contributed by atoms with Gasteiger partial charge >= 0.3 is 0 Å². The fourth-order valence-corrected chi connectivity index (χ4v) is 6.22. The van der Waals surface area contributed by atoms with Crippen LogP contribution in [0.5, 0.6) is 5.75 Å². The van der Waals surface area contributed by atoms with E-state index in [2.05, 4.69) is 49.4 Å². The Morgan fingerprint density at radius 2 is 1.88 bits per heavy atom. The summed E-state index contributed by atoms with van der Waals surface area (Å²) in [5, 5.41) is 11.4. The molecule has 0 bridgehead atoms. The van der Waals surface area contributed by atoms with E-state index < -0.39 is 6.10 Å². The summed E-state index contributed by atoms with van der Waals surface area (Å²) in [6.45, 7) is 2.20. The molecule has 34 heavy (non-hydrogen) atoms. The second kappa shape index (κ2) is 10.2. The van der Waals surface area contributed by atoms with Crippen LogP contribution in [-0.2, 0) is 17.6 Å². The van der Waals surface area contributed by atoms with Gasteiger partial charge in [0.2, 0.25) is 0 Å². The third-order valence-corrected chi connectivity index (χ3v) is 8.85. The Labute approximate surface area is 204 Å². The highest BCUT2D eigenvalue weighted by Crippen LogP contribution is 2.51. The van der Waals surface area contributed by atoms with Crippen LogP contribution in [0.2, 0.25) is 0 Å². The molecule has 2 aromatic carbocycles. The molecule has 1 heterocycles. The summed E-state index contributed by atoms with van der Waals surface area (Å²) in [6, 6.07) is 17.1. The molecule has 0 unspecified atom stereocenters. The highest BCUT2D eigenvalue weighted by Gasteiger charge is 2.45. The lowest BCUT2D eigenvalue weighted by Crippen LogP contribution is -2.47. The first kappa shape index (κ1) is 23.6. The van der Waals surface area contributed by atoms with Gasteiger partial charge in [-0.15, -0.1) is 0 Å². The summed E-state index contributed by atoms with van der Waals surface area (Å²) in [5.41, 5.74) is 3.91. The molecule has 1 aliphatic heterocycles. The van der Waals surface area contributed by atoms with Gasteiger partial charge < -0.3 is 9.84 Å². The Balaban J connectivity index is 1.29. The average molecular weight is 461 g/mol. The van der Waals surface area contributed by atoms with Crippen molar-refractivity contribution >= 4 is 5.78 Å². The van der Waals surface area contributed by atoms with Gasteiger partial charge in [-0.3, -0.25) is 4.79 Å². The first-order valence-corrected chi connectivity index (χ1v) is 13.6. The third kappa shape index (κ3) is 5.10. The number of benzene rings is 2. The van der Waals surface area contributed by atoms with Crippen LogP contribution in [0.15, 0.2) is 48.5 Å². The van der Waals surface area contributed by atoms with Gasteiger partial charge in [0.15, 0.2) is 0 Å². The molecule has 1 spiro atoms. The first-order valence-electron chi connectivity index (χ1n) is 13.6. The lowest BCUT2D eigenvalue weighted by Gasteiger charge is -2.48. The highest BCUT2D eigenvalue weighted by atomic mass is 16.5. The zero-order valence-corrected chi connectivity index (χ0v) is 20.7. The van der Waals surface area contributed by atoms with E-state index in [0.717, 1.165) is 63.5 Å². The standard InChI is InChI=1S/C31H40O3/c1-2-22-12-15-30-27(19-22)25(21-31(34-30)16-7-17-31)13-14-28(32)26(18-23-8-4-3-5-9-23)20-29(33)24-10-6-11-24/h3-5,8-9,12,15,19,24-26,28,32H,2,6-7,10-11,13-14,16-18,20-21H2,1H3/t25-,26+,28+/m0/s1. The summed E-state index contributed by atoms with van der Waals surface area (Å²) in [5.74, 6) is 2.07. The van der Waals surface area contributed by atoms with Gasteiger partial charge in [-0.05, 0) is 98.8 Å². The molecule has 3 nitrogen and oxygen atoms in total. The predicted octanol–water partition coefficient (Wildman–Crippen LogP) is 6.80. The Bertz CT molecular complexity index is 973. The van der Waals surface area contributed by atoms with E-state index in [9.17, 15) is 9.90 Å². The first-order chi connectivity index (χ1) is 16.5. The topological polar surface area (TPSA) is 46.5 Å². The monoisotopic (exact) mass is 460 g/mol. The number of rotatable bonds is 10. The molecule has 0 saturated heterocycles. The number of aliphatic hydroxyl groups excluding tert-OH is 1. The van der Waals surface area contributed by atoms with Crippen molar-refractivity contribution in [2.24, 2.45) is 11.8 Å². The zero-order valence-electron chi connectivity index (χ0n) is 20.7. The van der Waals surface area contributed by atoms with Crippen molar-refractivity contribution in [1.82, 2.24) is 0 Å². The van der Waals surface area contributed by atoms with Gasteiger partial charge in [0, 0.05) is 12.3 Å². The van der Waals surface area contributed by atoms with Crippen molar-refractivity contribution in [3.8, 4) is 5.75 Å². The van der Waals surface area contributed by atoms with E-state index in [1.54, 1.807) is 0 Å². The predicted molar refractivity (Wildman–Crippen MR) is 136 cm³/mol. The van der Waals surface area contributed by atoms with Gasteiger partial charge in [-0.1, -0.05) is 55.8 Å². The number of hydrogen-bond acceptors (Lipinski definition) is 3. The van der Waals surface area contributed by atoms with E-state index in [4.69, 9.17) is 4.74 Å². The van der Waals surface area contributed by atoms with Crippen molar-refractivity contribution in [2.45, 2.75) is 102 Å². The van der Waals surface area contributed by atoms with Gasteiger partial charge in [-0.25, -0.2) is 0 Å². The second-order valence-corrected chi connectivity index (χ2v) is 11.2. The molecule has 2 aromatic rings.